The van der Waals surface area contributed by atoms with Crippen molar-refractivity contribution in [1.82, 2.24) is 9.97 Å². The van der Waals surface area contributed by atoms with E-state index in [4.69, 9.17) is 0 Å². The van der Waals surface area contributed by atoms with Crippen LogP contribution in [0.3, 0.4) is 0 Å². The van der Waals surface area contributed by atoms with Crippen molar-refractivity contribution < 1.29 is 14.3 Å². The van der Waals surface area contributed by atoms with Crippen LogP contribution in [0.15, 0.2) is 54.7 Å². The van der Waals surface area contributed by atoms with Gasteiger partial charge in [0.1, 0.15) is 11.4 Å². The second kappa shape index (κ2) is 7.31. The summed E-state index contributed by atoms with van der Waals surface area (Å²) in [5.41, 5.74) is 2.54. The third-order valence-corrected chi connectivity index (χ3v) is 3.99. The minimum absolute atomic E-state index is 0.0132. The van der Waals surface area contributed by atoms with Crippen molar-refractivity contribution in [3.8, 4) is 11.4 Å². The average Bonchev–Trinajstić information content (AvgIpc) is 2.63. The Morgan fingerprint density at radius 1 is 1.19 bits per heavy atom. The van der Waals surface area contributed by atoms with Gasteiger partial charge in [-0.05, 0) is 55.8 Å². The molecule has 0 amide bonds. The van der Waals surface area contributed by atoms with Crippen molar-refractivity contribution in [2.75, 3.05) is 11.4 Å². The van der Waals surface area contributed by atoms with Crippen LogP contribution < -0.4 is 4.90 Å². The predicted octanol–water partition coefficient (Wildman–Crippen LogP) is 4.45. The number of carboxylic acids is 1. The summed E-state index contributed by atoms with van der Waals surface area (Å²) in [6, 6.07) is 13.5. The number of aromatic carboxylic acids is 1. The summed E-state index contributed by atoms with van der Waals surface area (Å²) in [6.07, 6.45) is 1.29. The maximum atomic E-state index is 13.2. The molecule has 6 heteroatoms. The van der Waals surface area contributed by atoms with Crippen LogP contribution >= 0.6 is 0 Å². The Balaban J connectivity index is 2.14. The highest BCUT2D eigenvalue weighted by atomic mass is 19.1. The zero-order valence-electron chi connectivity index (χ0n) is 14.5. The lowest BCUT2D eigenvalue weighted by molar-refractivity contribution is 0.0697. The van der Waals surface area contributed by atoms with Crippen molar-refractivity contribution in [3.05, 3.63) is 71.7 Å². The van der Waals surface area contributed by atoms with Crippen LogP contribution in [-0.2, 0) is 0 Å². The third kappa shape index (κ3) is 3.54. The van der Waals surface area contributed by atoms with Gasteiger partial charge in [0.15, 0.2) is 11.6 Å². The zero-order chi connectivity index (χ0) is 18.7. The molecule has 0 aliphatic rings. The first kappa shape index (κ1) is 17.5. The molecule has 3 aromatic rings. The van der Waals surface area contributed by atoms with Crippen LogP contribution in [0, 0.1) is 12.7 Å². The van der Waals surface area contributed by atoms with Crippen molar-refractivity contribution in [3.63, 3.8) is 0 Å². The molecule has 0 unspecified atom stereocenters. The van der Waals surface area contributed by atoms with Crippen molar-refractivity contribution in [2.45, 2.75) is 13.8 Å². The minimum Gasteiger partial charge on any atom is -0.477 e. The van der Waals surface area contributed by atoms with E-state index in [1.807, 2.05) is 43.0 Å². The van der Waals surface area contributed by atoms with Gasteiger partial charge in [-0.3, -0.25) is 0 Å². The summed E-state index contributed by atoms with van der Waals surface area (Å²) in [7, 11) is 0. The molecule has 0 spiro atoms. The summed E-state index contributed by atoms with van der Waals surface area (Å²) in [5.74, 6) is -0.807. The first-order chi connectivity index (χ1) is 12.5. The number of hydrogen-bond donors (Lipinski definition) is 1. The molecule has 1 heterocycles. The highest BCUT2D eigenvalue weighted by Crippen LogP contribution is 2.29. The highest BCUT2D eigenvalue weighted by molar-refractivity contribution is 5.94. The van der Waals surface area contributed by atoms with Crippen LogP contribution in [0.5, 0.6) is 0 Å². The molecule has 0 aliphatic carbocycles. The van der Waals surface area contributed by atoms with Gasteiger partial charge in [-0.2, -0.15) is 0 Å². The second-order valence-corrected chi connectivity index (χ2v) is 5.83. The van der Waals surface area contributed by atoms with Crippen LogP contribution in [0.1, 0.15) is 22.8 Å². The normalized spacial score (nSPS) is 10.6. The number of halogens is 1. The largest absolute Gasteiger partial charge is 0.477 e. The highest BCUT2D eigenvalue weighted by Gasteiger charge is 2.20. The molecule has 0 fully saturated rings. The van der Waals surface area contributed by atoms with Gasteiger partial charge in [0, 0.05) is 24.0 Å². The molecule has 1 N–H and O–H groups in total. The maximum absolute atomic E-state index is 13.2. The van der Waals surface area contributed by atoms with Gasteiger partial charge in [-0.15, -0.1) is 0 Å². The number of nitrogens with zero attached hydrogens (tertiary/aromatic N) is 3. The van der Waals surface area contributed by atoms with Crippen LogP contribution in [0.25, 0.3) is 11.4 Å². The molecule has 1 aromatic heterocycles. The minimum atomic E-state index is -1.10. The number of aromatic nitrogens is 2. The second-order valence-electron chi connectivity index (χ2n) is 5.83. The van der Waals surface area contributed by atoms with E-state index in [-0.39, 0.29) is 11.4 Å². The van der Waals surface area contributed by atoms with Gasteiger partial charge in [-0.1, -0.05) is 12.1 Å². The van der Waals surface area contributed by atoms with Gasteiger partial charge < -0.3 is 10.0 Å². The fourth-order valence-electron chi connectivity index (χ4n) is 2.72. The van der Waals surface area contributed by atoms with E-state index < -0.39 is 5.97 Å². The fourth-order valence-corrected chi connectivity index (χ4v) is 2.72. The Morgan fingerprint density at radius 2 is 1.92 bits per heavy atom. The summed E-state index contributed by atoms with van der Waals surface area (Å²) in [5, 5.41) is 9.55. The number of carbonyl (C=O) groups is 1. The summed E-state index contributed by atoms with van der Waals surface area (Å²) in [4.78, 5) is 22.1. The van der Waals surface area contributed by atoms with Gasteiger partial charge in [-0.25, -0.2) is 19.2 Å². The summed E-state index contributed by atoms with van der Waals surface area (Å²) >= 11 is 0. The molecule has 0 radical (unpaired) electrons. The smallest absolute Gasteiger partial charge is 0.341 e. The number of rotatable bonds is 5. The predicted molar refractivity (Wildman–Crippen MR) is 98.2 cm³/mol. The summed E-state index contributed by atoms with van der Waals surface area (Å²) in [6.45, 7) is 4.43. The Hall–Kier alpha value is -3.28. The molecule has 0 saturated heterocycles. The first-order valence-corrected chi connectivity index (χ1v) is 8.20. The van der Waals surface area contributed by atoms with Gasteiger partial charge in [0.2, 0.25) is 0 Å². The van der Waals surface area contributed by atoms with E-state index in [9.17, 15) is 14.3 Å². The molecule has 0 atom stereocenters. The Kier molecular flexibility index (Phi) is 4.93. The number of hydrogen-bond acceptors (Lipinski definition) is 4. The van der Waals surface area contributed by atoms with E-state index in [1.54, 1.807) is 12.1 Å². The lowest BCUT2D eigenvalue weighted by atomic mass is 10.1. The molecular weight excluding hydrogens is 333 g/mol. The van der Waals surface area contributed by atoms with E-state index in [0.717, 1.165) is 11.3 Å². The quantitative estimate of drug-likeness (QED) is 0.736. The SMILES string of the molecule is CCN(c1cccc(C)c1)c1nc(-c2ccc(F)cc2)ncc1C(=O)O. The molecular formula is C20H18FN3O2. The van der Waals surface area contributed by atoms with Gasteiger partial charge in [0.05, 0.1) is 0 Å². The molecule has 0 saturated carbocycles. The van der Waals surface area contributed by atoms with E-state index in [0.29, 0.717) is 23.8 Å². The lowest BCUT2D eigenvalue weighted by Crippen LogP contribution is -2.21. The first-order valence-electron chi connectivity index (χ1n) is 8.20. The molecule has 5 nitrogen and oxygen atoms in total. The number of aryl methyl sites for hydroxylation is 1. The molecule has 2 aromatic carbocycles. The number of benzene rings is 2. The van der Waals surface area contributed by atoms with Gasteiger partial charge in [0.25, 0.3) is 0 Å². The van der Waals surface area contributed by atoms with Crippen LogP contribution in [0.2, 0.25) is 0 Å². The summed E-state index contributed by atoms with van der Waals surface area (Å²) < 4.78 is 13.2. The van der Waals surface area contributed by atoms with Gasteiger partial charge >= 0.3 is 5.97 Å². The maximum Gasteiger partial charge on any atom is 0.341 e. The molecule has 0 aliphatic heterocycles. The lowest BCUT2D eigenvalue weighted by Gasteiger charge is -2.24. The van der Waals surface area contributed by atoms with Crippen molar-refractivity contribution >= 4 is 17.5 Å². The fraction of sp³-hybridized carbons (Fsp3) is 0.150. The number of anilines is 2. The average molecular weight is 351 g/mol. The topological polar surface area (TPSA) is 66.3 Å². The zero-order valence-corrected chi connectivity index (χ0v) is 14.5. The van der Waals surface area contributed by atoms with E-state index in [1.165, 1.54) is 18.3 Å². The Bertz CT molecular complexity index is 942. The molecule has 26 heavy (non-hydrogen) atoms. The van der Waals surface area contributed by atoms with Crippen molar-refractivity contribution in [2.24, 2.45) is 0 Å². The van der Waals surface area contributed by atoms with E-state index >= 15 is 0 Å². The van der Waals surface area contributed by atoms with E-state index in [2.05, 4.69) is 9.97 Å². The standard InChI is InChI=1S/C20H18FN3O2/c1-3-24(16-6-4-5-13(2)11-16)19-17(20(25)26)12-22-18(23-19)14-7-9-15(21)10-8-14/h4-12H,3H2,1-2H3,(H,25,26). The molecule has 3 rings (SSSR count). The van der Waals surface area contributed by atoms with Crippen LogP contribution in [-0.4, -0.2) is 27.6 Å². The van der Waals surface area contributed by atoms with Crippen LogP contribution in [0.4, 0.5) is 15.9 Å². The third-order valence-electron chi connectivity index (χ3n) is 3.99. The Labute approximate surface area is 150 Å². The molecule has 0 bridgehead atoms. The Morgan fingerprint density at radius 3 is 2.54 bits per heavy atom. The number of carboxylic acid groups (broad SMARTS) is 1. The molecule has 132 valence electrons. The monoisotopic (exact) mass is 351 g/mol. The van der Waals surface area contributed by atoms with Crippen molar-refractivity contribution in [1.29, 1.82) is 0 Å².